The van der Waals surface area contributed by atoms with Gasteiger partial charge in [0.1, 0.15) is 5.82 Å². The molecule has 0 saturated heterocycles. The highest BCUT2D eigenvalue weighted by molar-refractivity contribution is 7.80. The van der Waals surface area contributed by atoms with E-state index in [1.807, 2.05) is 37.3 Å². The van der Waals surface area contributed by atoms with Gasteiger partial charge in [-0.2, -0.15) is 0 Å². The zero-order valence-electron chi connectivity index (χ0n) is 11.2. The van der Waals surface area contributed by atoms with Crippen molar-refractivity contribution in [2.75, 3.05) is 6.54 Å². The molecule has 104 valence electrons. The predicted molar refractivity (Wildman–Crippen MR) is 80.5 cm³/mol. The van der Waals surface area contributed by atoms with Crippen LogP contribution in [0.5, 0.6) is 0 Å². The number of carbonyl (C=O) groups excluding carboxylic acids is 1. The van der Waals surface area contributed by atoms with Gasteiger partial charge in [-0.25, -0.2) is 4.39 Å². The van der Waals surface area contributed by atoms with Crippen molar-refractivity contribution in [2.24, 2.45) is 0 Å². The van der Waals surface area contributed by atoms with Gasteiger partial charge in [0.2, 0.25) is 0 Å². The summed E-state index contributed by atoms with van der Waals surface area (Å²) in [5.74, 6) is -0.539. The summed E-state index contributed by atoms with van der Waals surface area (Å²) in [6.07, 6.45) is 0. The van der Waals surface area contributed by atoms with Crippen LogP contribution in [0, 0.1) is 5.82 Å². The molecule has 4 heteroatoms. The Kier molecular flexibility index (Phi) is 4.79. The van der Waals surface area contributed by atoms with Gasteiger partial charge in [-0.05, 0) is 30.7 Å². The van der Waals surface area contributed by atoms with E-state index in [1.54, 1.807) is 4.90 Å². The molecule has 20 heavy (non-hydrogen) atoms. The summed E-state index contributed by atoms with van der Waals surface area (Å²) >= 11 is 4.01. The van der Waals surface area contributed by atoms with E-state index in [-0.39, 0.29) is 10.8 Å². The number of carbonyl (C=O) groups is 1. The smallest absolute Gasteiger partial charge is 0.254 e. The molecule has 0 fully saturated rings. The van der Waals surface area contributed by atoms with Crippen LogP contribution in [0.25, 0.3) is 0 Å². The third-order valence-corrected chi connectivity index (χ3v) is 3.42. The van der Waals surface area contributed by atoms with Crippen molar-refractivity contribution in [1.82, 2.24) is 4.90 Å². The minimum absolute atomic E-state index is 0.119. The molecule has 0 unspecified atom stereocenters. The maximum atomic E-state index is 13.2. The standard InChI is InChI=1S/C16H16FNOS/c1-2-18(11-12-6-4-3-5-7-12)16(19)13-8-9-14(17)15(20)10-13/h3-10,20H,2,11H2,1H3. The van der Waals surface area contributed by atoms with Crippen LogP contribution in [0.3, 0.4) is 0 Å². The molecule has 0 aliphatic rings. The normalized spacial score (nSPS) is 10.3. The number of nitrogens with zero attached hydrogens (tertiary/aromatic N) is 1. The molecular weight excluding hydrogens is 273 g/mol. The van der Waals surface area contributed by atoms with Crippen molar-refractivity contribution in [3.05, 3.63) is 65.5 Å². The fourth-order valence-corrected chi connectivity index (χ4v) is 2.17. The number of halogens is 1. The van der Waals surface area contributed by atoms with E-state index >= 15 is 0 Å². The van der Waals surface area contributed by atoms with Crippen LogP contribution in [0.1, 0.15) is 22.8 Å². The molecule has 0 N–H and O–H groups in total. The van der Waals surface area contributed by atoms with Crippen LogP contribution in [0.4, 0.5) is 4.39 Å². The molecule has 0 aliphatic heterocycles. The summed E-state index contributed by atoms with van der Waals surface area (Å²) < 4.78 is 13.2. The fourth-order valence-electron chi connectivity index (χ4n) is 1.96. The number of rotatable bonds is 4. The van der Waals surface area contributed by atoms with Crippen LogP contribution in [-0.4, -0.2) is 17.4 Å². The summed E-state index contributed by atoms with van der Waals surface area (Å²) in [6.45, 7) is 3.05. The average molecular weight is 289 g/mol. The number of amides is 1. The van der Waals surface area contributed by atoms with Crippen molar-refractivity contribution in [1.29, 1.82) is 0 Å². The van der Waals surface area contributed by atoms with Crippen molar-refractivity contribution in [3.63, 3.8) is 0 Å². The summed E-state index contributed by atoms with van der Waals surface area (Å²) in [7, 11) is 0. The monoisotopic (exact) mass is 289 g/mol. The summed E-state index contributed by atoms with van der Waals surface area (Å²) in [5.41, 5.74) is 1.52. The highest BCUT2D eigenvalue weighted by atomic mass is 32.1. The average Bonchev–Trinajstić information content (AvgIpc) is 2.48. The van der Waals surface area contributed by atoms with E-state index in [4.69, 9.17) is 0 Å². The minimum atomic E-state index is -0.420. The lowest BCUT2D eigenvalue weighted by atomic mass is 10.1. The Morgan fingerprint density at radius 1 is 1.20 bits per heavy atom. The predicted octanol–water partition coefficient (Wildman–Crippen LogP) is 3.78. The maximum Gasteiger partial charge on any atom is 0.254 e. The lowest BCUT2D eigenvalue weighted by Gasteiger charge is -2.21. The number of benzene rings is 2. The third kappa shape index (κ3) is 3.39. The van der Waals surface area contributed by atoms with E-state index in [9.17, 15) is 9.18 Å². The van der Waals surface area contributed by atoms with Gasteiger partial charge >= 0.3 is 0 Å². The Hall–Kier alpha value is -1.81. The van der Waals surface area contributed by atoms with Gasteiger partial charge in [-0.3, -0.25) is 4.79 Å². The minimum Gasteiger partial charge on any atom is -0.335 e. The second-order valence-corrected chi connectivity index (χ2v) is 4.95. The molecule has 0 heterocycles. The molecule has 2 aromatic rings. The van der Waals surface area contributed by atoms with Gasteiger partial charge in [0, 0.05) is 23.5 Å². The highest BCUT2D eigenvalue weighted by Gasteiger charge is 2.15. The fraction of sp³-hybridized carbons (Fsp3) is 0.188. The molecule has 2 aromatic carbocycles. The molecule has 0 aliphatic carbocycles. The first-order valence-electron chi connectivity index (χ1n) is 6.43. The van der Waals surface area contributed by atoms with Crippen molar-refractivity contribution in [2.45, 2.75) is 18.4 Å². The Labute approximate surface area is 123 Å². The maximum absolute atomic E-state index is 13.2. The molecule has 2 rings (SSSR count). The Morgan fingerprint density at radius 3 is 2.50 bits per heavy atom. The molecule has 0 spiro atoms. The lowest BCUT2D eigenvalue weighted by molar-refractivity contribution is 0.0752. The van der Waals surface area contributed by atoms with Crippen molar-refractivity contribution < 1.29 is 9.18 Å². The first-order chi connectivity index (χ1) is 9.61. The molecule has 0 bridgehead atoms. The largest absolute Gasteiger partial charge is 0.335 e. The highest BCUT2D eigenvalue weighted by Crippen LogP contribution is 2.16. The van der Waals surface area contributed by atoms with Gasteiger partial charge in [0.05, 0.1) is 0 Å². The topological polar surface area (TPSA) is 20.3 Å². The Balaban J connectivity index is 2.18. The molecule has 2 nitrogen and oxygen atoms in total. The van der Waals surface area contributed by atoms with Crippen molar-refractivity contribution in [3.8, 4) is 0 Å². The first-order valence-corrected chi connectivity index (χ1v) is 6.88. The van der Waals surface area contributed by atoms with Crippen LogP contribution >= 0.6 is 12.6 Å². The van der Waals surface area contributed by atoms with Crippen LogP contribution in [-0.2, 0) is 6.54 Å². The first kappa shape index (κ1) is 14.6. The van der Waals surface area contributed by atoms with Gasteiger partial charge in [-0.1, -0.05) is 30.3 Å². The van der Waals surface area contributed by atoms with E-state index in [1.165, 1.54) is 18.2 Å². The van der Waals surface area contributed by atoms with Crippen LogP contribution in [0.15, 0.2) is 53.4 Å². The molecule has 0 aromatic heterocycles. The van der Waals surface area contributed by atoms with E-state index in [0.717, 1.165) is 5.56 Å². The number of thiol groups is 1. The zero-order valence-corrected chi connectivity index (χ0v) is 12.1. The SMILES string of the molecule is CCN(Cc1ccccc1)C(=O)c1ccc(F)c(S)c1. The Morgan fingerprint density at radius 2 is 1.90 bits per heavy atom. The Bertz CT molecular complexity index is 601. The summed E-state index contributed by atoms with van der Waals surface area (Å²) in [4.78, 5) is 14.3. The van der Waals surface area contributed by atoms with Crippen molar-refractivity contribution >= 4 is 18.5 Å². The summed E-state index contributed by atoms with van der Waals surface area (Å²) in [6, 6.07) is 14.0. The molecular formula is C16H16FNOS. The molecule has 1 amide bonds. The molecule has 0 saturated carbocycles. The number of hydrogen-bond acceptors (Lipinski definition) is 2. The van der Waals surface area contributed by atoms with Crippen LogP contribution in [0.2, 0.25) is 0 Å². The van der Waals surface area contributed by atoms with E-state index < -0.39 is 5.82 Å². The number of hydrogen-bond donors (Lipinski definition) is 1. The van der Waals surface area contributed by atoms with E-state index in [2.05, 4.69) is 12.6 Å². The second kappa shape index (κ2) is 6.57. The van der Waals surface area contributed by atoms with Gasteiger partial charge in [-0.15, -0.1) is 12.6 Å². The van der Waals surface area contributed by atoms with E-state index in [0.29, 0.717) is 18.7 Å². The quantitative estimate of drug-likeness (QED) is 0.849. The van der Waals surface area contributed by atoms with Gasteiger partial charge < -0.3 is 4.90 Å². The molecule has 0 radical (unpaired) electrons. The van der Waals surface area contributed by atoms with Gasteiger partial charge in [0.15, 0.2) is 0 Å². The lowest BCUT2D eigenvalue weighted by Crippen LogP contribution is -2.30. The zero-order chi connectivity index (χ0) is 14.5. The van der Waals surface area contributed by atoms with Crippen LogP contribution < -0.4 is 0 Å². The molecule has 0 atom stereocenters. The third-order valence-electron chi connectivity index (χ3n) is 3.08. The second-order valence-electron chi connectivity index (χ2n) is 4.47. The summed E-state index contributed by atoms with van der Waals surface area (Å²) in [5, 5.41) is 0. The van der Waals surface area contributed by atoms with Gasteiger partial charge in [0.25, 0.3) is 5.91 Å².